The van der Waals surface area contributed by atoms with Gasteiger partial charge < -0.3 is 9.84 Å². The number of hydrogen-bond acceptors (Lipinski definition) is 3. The lowest BCUT2D eigenvalue weighted by molar-refractivity contribution is -0.135. The van der Waals surface area contributed by atoms with E-state index in [1.807, 2.05) is 0 Å². The Morgan fingerprint density at radius 3 is 2.79 bits per heavy atom. The molecule has 1 saturated heterocycles. The number of rotatable bonds is 1. The highest BCUT2D eigenvalue weighted by molar-refractivity contribution is 5.90. The normalized spacial score (nSPS) is 58.0. The average Bonchev–Trinajstić information content (AvgIpc) is 3.21. The monoisotopic (exact) mass is 330 g/mol. The number of Topliss-reactive ketones (excluding diaryl/α,β-unsaturated/α-hetero) is 1. The number of allylic oxidation sites excluding steroid dienone is 1. The molecule has 0 aromatic carbocycles. The second-order valence-corrected chi connectivity index (χ2v) is 9.75. The molecule has 3 heteroatoms. The van der Waals surface area contributed by atoms with Gasteiger partial charge in [0.05, 0.1) is 12.2 Å². The predicted octanol–water partition coefficient (Wildman–Crippen LogP) is 3.65. The smallest absolute Gasteiger partial charge is 0.164 e. The number of fused-ring (bicyclic) bond motifs is 7. The second kappa shape index (κ2) is 4.54. The van der Waals surface area contributed by atoms with Crippen LogP contribution in [0, 0.1) is 28.6 Å². The van der Waals surface area contributed by atoms with Crippen LogP contribution in [0.2, 0.25) is 0 Å². The van der Waals surface area contributed by atoms with Crippen LogP contribution in [0.3, 0.4) is 0 Å². The first-order chi connectivity index (χ1) is 11.3. The molecule has 24 heavy (non-hydrogen) atoms. The van der Waals surface area contributed by atoms with Crippen molar-refractivity contribution in [2.75, 3.05) is 0 Å². The molecule has 3 saturated carbocycles. The molecule has 0 unspecified atom stereocenters. The van der Waals surface area contributed by atoms with Gasteiger partial charge in [0, 0.05) is 5.41 Å². The molecule has 0 radical (unpaired) electrons. The lowest BCUT2D eigenvalue weighted by Crippen LogP contribution is -2.54. The molecule has 3 nitrogen and oxygen atoms in total. The largest absolute Gasteiger partial charge is 0.393 e. The van der Waals surface area contributed by atoms with Crippen LogP contribution in [-0.2, 0) is 9.53 Å². The van der Waals surface area contributed by atoms with Crippen molar-refractivity contribution in [2.24, 2.45) is 28.6 Å². The second-order valence-electron chi connectivity index (χ2n) is 9.75. The van der Waals surface area contributed by atoms with E-state index in [2.05, 4.69) is 19.9 Å². The molecule has 0 amide bonds. The zero-order chi connectivity index (χ0) is 16.9. The highest BCUT2D eigenvalue weighted by Crippen LogP contribution is 2.73. The Kier molecular flexibility index (Phi) is 2.94. The summed E-state index contributed by atoms with van der Waals surface area (Å²) in [5, 5.41) is 10.1. The third-order valence-corrected chi connectivity index (χ3v) is 9.03. The van der Waals surface area contributed by atoms with Crippen LogP contribution in [0.1, 0.15) is 65.7 Å². The first kappa shape index (κ1) is 15.6. The molecular formula is C21H30O3. The minimum atomic E-state index is -0.448. The zero-order valence-corrected chi connectivity index (χ0v) is 15.2. The first-order valence-electron chi connectivity index (χ1n) is 9.89. The number of ketones is 1. The van der Waals surface area contributed by atoms with Crippen molar-refractivity contribution in [3.05, 3.63) is 11.6 Å². The van der Waals surface area contributed by atoms with Crippen molar-refractivity contribution in [1.29, 1.82) is 0 Å². The summed E-state index contributed by atoms with van der Waals surface area (Å²) in [6.07, 6.45) is 10.0. The van der Waals surface area contributed by atoms with Gasteiger partial charge in [-0.25, -0.2) is 0 Å². The Labute approximate surface area is 144 Å². The van der Waals surface area contributed by atoms with E-state index in [1.54, 1.807) is 6.92 Å². The number of aliphatic hydroxyl groups is 1. The van der Waals surface area contributed by atoms with Crippen molar-refractivity contribution in [3.63, 3.8) is 0 Å². The van der Waals surface area contributed by atoms with E-state index in [1.165, 1.54) is 12.0 Å². The van der Waals surface area contributed by atoms with Gasteiger partial charge in [0.25, 0.3) is 0 Å². The number of aliphatic hydroxyl groups excluding tert-OH is 1. The minimum Gasteiger partial charge on any atom is -0.393 e. The number of ether oxygens (including phenoxy) is 1. The van der Waals surface area contributed by atoms with Gasteiger partial charge in [0.2, 0.25) is 0 Å². The van der Waals surface area contributed by atoms with E-state index in [9.17, 15) is 9.90 Å². The van der Waals surface area contributed by atoms with Gasteiger partial charge in [-0.2, -0.15) is 0 Å². The Hall–Kier alpha value is -0.670. The van der Waals surface area contributed by atoms with E-state index >= 15 is 0 Å². The van der Waals surface area contributed by atoms with Gasteiger partial charge >= 0.3 is 0 Å². The summed E-state index contributed by atoms with van der Waals surface area (Å²) < 4.78 is 6.00. The van der Waals surface area contributed by atoms with Crippen molar-refractivity contribution < 1.29 is 14.6 Å². The van der Waals surface area contributed by atoms with Crippen LogP contribution in [0.5, 0.6) is 0 Å². The Balaban J connectivity index is 1.51. The third-order valence-electron chi connectivity index (χ3n) is 9.03. The van der Waals surface area contributed by atoms with Crippen molar-refractivity contribution in [2.45, 2.75) is 83.5 Å². The molecule has 0 aromatic rings. The summed E-state index contributed by atoms with van der Waals surface area (Å²) in [4.78, 5) is 12.4. The molecule has 4 aliphatic carbocycles. The van der Waals surface area contributed by atoms with Gasteiger partial charge in [0.15, 0.2) is 11.4 Å². The summed E-state index contributed by atoms with van der Waals surface area (Å²) >= 11 is 0. The highest BCUT2D eigenvalue weighted by Gasteiger charge is 2.79. The molecule has 8 atom stereocenters. The summed E-state index contributed by atoms with van der Waals surface area (Å²) in [6.45, 7) is 6.54. The first-order valence-corrected chi connectivity index (χ1v) is 9.89. The molecule has 4 fully saturated rings. The topological polar surface area (TPSA) is 49.8 Å². The van der Waals surface area contributed by atoms with E-state index in [0.717, 1.165) is 44.4 Å². The fourth-order valence-corrected chi connectivity index (χ4v) is 7.71. The van der Waals surface area contributed by atoms with Gasteiger partial charge in [-0.05, 0) is 75.0 Å². The molecular weight excluding hydrogens is 300 g/mol. The zero-order valence-electron chi connectivity index (χ0n) is 15.2. The molecule has 0 aromatic heterocycles. The Morgan fingerprint density at radius 2 is 2.04 bits per heavy atom. The fourth-order valence-electron chi connectivity index (χ4n) is 7.71. The lowest BCUT2D eigenvalue weighted by Gasteiger charge is -2.58. The molecule has 0 bridgehead atoms. The number of epoxide rings is 1. The van der Waals surface area contributed by atoms with Crippen molar-refractivity contribution in [1.82, 2.24) is 0 Å². The molecule has 5 rings (SSSR count). The van der Waals surface area contributed by atoms with Crippen LogP contribution in [-0.4, -0.2) is 28.7 Å². The maximum atomic E-state index is 12.4. The molecule has 132 valence electrons. The fraction of sp³-hybridized carbons (Fsp3) is 0.857. The van der Waals surface area contributed by atoms with Gasteiger partial charge in [-0.3, -0.25) is 4.79 Å². The summed E-state index contributed by atoms with van der Waals surface area (Å²) in [5.41, 5.74) is 1.39. The van der Waals surface area contributed by atoms with Crippen molar-refractivity contribution in [3.8, 4) is 0 Å². The van der Waals surface area contributed by atoms with Gasteiger partial charge in [-0.1, -0.05) is 25.5 Å². The van der Waals surface area contributed by atoms with Crippen LogP contribution in [0.25, 0.3) is 0 Å². The van der Waals surface area contributed by atoms with Crippen molar-refractivity contribution >= 4 is 5.78 Å². The Morgan fingerprint density at radius 1 is 1.25 bits per heavy atom. The summed E-state index contributed by atoms with van der Waals surface area (Å²) in [7, 11) is 0. The third kappa shape index (κ3) is 1.60. The number of carbonyl (C=O) groups is 1. The quantitative estimate of drug-likeness (QED) is 0.590. The van der Waals surface area contributed by atoms with Crippen LogP contribution < -0.4 is 0 Å². The number of hydrogen-bond donors (Lipinski definition) is 1. The lowest BCUT2D eigenvalue weighted by atomic mass is 9.47. The van der Waals surface area contributed by atoms with E-state index in [-0.39, 0.29) is 28.8 Å². The minimum absolute atomic E-state index is 0.0422. The van der Waals surface area contributed by atoms with E-state index in [4.69, 9.17) is 4.74 Å². The van der Waals surface area contributed by atoms with Gasteiger partial charge in [-0.15, -0.1) is 0 Å². The maximum Gasteiger partial charge on any atom is 0.164 e. The van der Waals surface area contributed by atoms with Gasteiger partial charge in [0.1, 0.15) is 0 Å². The molecule has 1 aliphatic heterocycles. The SMILES string of the molecule is CC(=O)[C@]12O[C@H]1C[C@@H]1[C@H]3CC=C4C[C@@H](O)CC[C@]4(C)[C@@H]3CC[C@]12C. The van der Waals surface area contributed by atoms with Crippen LogP contribution >= 0.6 is 0 Å². The number of carbonyl (C=O) groups excluding carboxylic acids is 1. The summed E-state index contributed by atoms with van der Waals surface area (Å²) in [5.74, 6) is 2.31. The van der Waals surface area contributed by atoms with Crippen LogP contribution in [0.4, 0.5) is 0 Å². The molecule has 5 aliphatic rings. The summed E-state index contributed by atoms with van der Waals surface area (Å²) in [6, 6.07) is 0. The van der Waals surface area contributed by atoms with E-state index < -0.39 is 5.60 Å². The van der Waals surface area contributed by atoms with E-state index in [0.29, 0.717) is 11.8 Å². The maximum absolute atomic E-state index is 12.4. The highest BCUT2D eigenvalue weighted by atomic mass is 16.6. The standard InChI is InChI=1S/C21H30O3/c1-12(22)21-18(24-21)11-17-15-5-4-13-10-14(23)6-8-19(13,2)16(15)7-9-20(17,21)3/h4,14-18,23H,5-11H2,1-3H3/t14-,15-,16+,17+,18-,19-,20+,21-/m0/s1. The molecule has 1 heterocycles. The average molecular weight is 330 g/mol. The Bertz CT molecular complexity index is 639. The predicted molar refractivity (Wildman–Crippen MR) is 91.4 cm³/mol. The van der Waals surface area contributed by atoms with Crippen LogP contribution in [0.15, 0.2) is 11.6 Å². The molecule has 1 N–H and O–H groups in total. The molecule has 0 spiro atoms.